The minimum atomic E-state index is 0.876. The van der Waals surface area contributed by atoms with Crippen molar-refractivity contribution in [3.63, 3.8) is 0 Å². The first kappa shape index (κ1) is 14.8. The molecule has 0 aliphatic heterocycles. The van der Waals surface area contributed by atoms with Crippen molar-refractivity contribution < 1.29 is 0 Å². The summed E-state index contributed by atoms with van der Waals surface area (Å²) in [6.45, 7) is 2.12. The second-order valence-electron chi connectivity index (χ2n) is 5.11. The number of hydrogen-bond donors (Lipinski definition) is 0. The second-order valence-corrected chi connectivity index (χ2v) is 6.28. The zero-order valence-electron chi connectivity index (χ0n) is 12.5. The Bertz CT molecular complexity index is 724. The van der Waals surface area contributed by atoms with E-state index < -0.39 is 0 Å². The van der Waals surface area contributed by atoms with Crippen LogP contribution in [0.3, 0.4) is 0 Å². The lowest BCUT2D eigenvalue weighted by atomic mass is 10.2. The van der Waals surface area contributed by atoms with Gasteiger partial charge in [-0.25, -0.2) is 0 Å². The summed E-state index contributed by atoms with van der Waals surface area (Å²) >= 11 is 1.88. The van der Waals surface area contributed by atoms with Gasteiger partial charge in [0.05, 0.1) is 5.69 Å². The van der Waals surface area contributed by atoms with Crippen molar-refractivity contribution in [3.8, 4) is 5.69 Å². The summed E-state index contributed by atoms with van der Waals surface area (Å²) < 4.78 is 1.82. The van der Waals surface area contributed by atoms with Crippen molar-refractivity contribution in [2.75, 3.05) is 5.75 Å². The van der Waals surface area contributed by atoms with Gasteiger partial charge in [-0.05, 0) is 53.8 Å². The molecule has 1 aromatic heterocycles. The molecule has 3 aromatic rings. The predicted octanol–water partition coefficient (Wildman–Crippen LogP) is 3.70. The first-order valence-electron chi connectivity index (χ1n) is 7.35. The first-order valence-corrected chi connectivity index (χ1v) is 8.33. The van der Waals surface area contributed by atoms with Crippen LogP contribution in [0.25, 0.3) is 5.69 Å². The topological polar surface area (TPSA) is 43.6 Å². The van der Waals surface area contributed by atoms with Crippen molar-refractivity contribution in [3.05, 3.63) is 66.0 Å². The highest BCUT2D eigenvalue weighted by Gasteiger charge is 2.07. The average Bonchev–Trinajstić information content (AvgIpc) is 3.01. The van der Waals surface area contributed by atoms with E-state index in [9.17, 15) is 0 Å². The van der Waals surface area contributed by atoms with Crippen molar-refractivity contribution in [1.29, 1.82) is 0 Å². The fourth-order valence-corrected chi connectivity index (χ4v) is 3.23. The van der Waals surface area contributed by atoms with Crippen LogP contribution in [0.5, 0.6) is 0 Å². The molecule has 0 atom stereocenters. The van der Waals surface area contributed by atoms with E-state index in [1.165, 1.54) is 10.5 Å². The number of aromatic nitrogens is 4. The van der Waals surface area contributed by atoms with E-state index in [-0.39, 0.29) is 0 Å². The van der Waals surface area contributed by atoms with Gasteiger partial charge in [0.15, 0.2) is 5.82 Å². The van der Waals surface area contributed by atoms with E-state index in [1.807, 2.05) is 46.8 Å². The smallest absolute Gasteiger partial charge is 0.156 e. The zero-order valence-corrected chi connectivity index (χ0v) is 13.3. The number of aryl methyl sites for hydroxylation is 2. The Kier molecular flexibility index (Phi) is 4.85. The molecule has 22 heavy (non-hydrogen) atoms. The molecule has 1 heterocycles. The molecule has 0 bridgehead atoms. The van der Waals surface area contributed by atoms with E-state index in [2.05, 4.69) is 46.7 Å². The maximum atomic E-state index is 4.14. The molecule has 0 N–H and O–H groups in total. The van der Waals surface area contributed by atoms with Gasteiger partial charge in [-0.2, -0.15) is 4.68 Å². The number of para-hydroxylation sites is 1. The molecule has 0 saturated heterocycles. The summed E-state index contributed by atoms with van der Waals surface area (Å²) in [5, 5.41) is 12.0. The molecule has 3 rings (SSSR count). The van der Waals surface area contributed by atoms with Gasteiger partial charge in [-0.3, -0.25) is 0 Å². The lowest BCUT2D eigenvalue weighted by molar-refractivity contribution is 0.747. The van der Waals surface area contributed by atoms with E-state index >= 15 is 0 Å². The van der Waals surface area contributed by atoms with E-state index in [1.54, 1.807) is 0 Å². The largest absolute Gasteiger partial charge is 0.197 e. The average molecular weight is 310 g/mol. The molecule has 0 spiro atoms. The van der Waals surface area contributed by atoms with Crippen LogP contribution in [0.15, 0.2) is 59.5 Å². The minimum Gasteiger partial charge on any atom is -0.197 e. The van der Waals surface area contributed by atoms with Crippen LogP contribution in [-0.4, -0.2) is 26.0 Å². The standard InChI is InChI=1S/C17H18N4S/c1-14-7-5-10-16(13-14)22-12-6-11-17-18-19-20-21(17)15-8-3-2-4-9-15/h2-5,7-10,13H,6,11-12H2,1H3. The fraction of sp³-hybridized carbons (Fsp3) is 0.235. The van der Waals surface area contributed by atoms with Gasteiger partial charge in [-0.15, -0.1) is 16.9 Å². The van der Waals surface area contributed by atoms with Crippen LogP contribution < -0.4 is 0 Å². The highest BCUT2D eigenvalue weighted by molar-refractivity contribution is 7.99. The van der Waals surface area contributed by atoms with Crippen LogP contribution in [0.2, 0.25) is 0 Å². The summed E-state index contributed by atoms with van der Waals surface area (Å²) in [6, 6.07) is 18.6. The molecule has 0 amide bonds. The van der Waals surface area contributed by atoms with Gasteiger partial charge >= 0.3 is 0 Å². The van der Waals surface area contributed by atoms with Gasteiger partial charge in [0.2, 0.25) is 0 Å². The van der Waals surface area contributed by atoms with Crippen LogP contribution in [-0.2, 0) is 6.42 Å². The molecule has 0 unspecified atom stereocenters. The number of rotatable bonds is 6. The number of thioether (sulfide) groups is 1. The number of nitrogens with zero attached hydrogens (tertiary/aromatic N) is 4. The molecule has 5 heteroatoms. The fourth-order valence-electron chi connectivity index (χ4n) is 2.26. The predicted molar refractivity (Wildman–Crippen MR) is 89.4 cm³/mol. The van der Waals surface area contributed by atoms with Crippen molar-refractivity contribution >= 4 is 11.8 Å². The molecule has 0 aliphatic carbocycles. The number of hydrogen-bond acceptors (Lipinski definition) is 4. The Hall–Kier alpha value is -2.14. The van der Waals surface area contributed by atoms with Gasteiger partial charge in [0.25, 0.3) is 0 Å². The normalized spacial score (nSPS) is 10.8. The highest BCUT2D eigenvalue weighted by Crippen LogP contribution is 2.20. The van der Waals surface area contributed by atoms with Crippen molar-refractivity contribution in [2.45, 2.75) is 24.7 Å². The molecule has 0 saturated carbocycles. The highest BCUT2D eigenvalue weighted by atomic mass is 32.2. The summed E-state index contributed by atoms with van der Waals surface area (Å²) in [5.74, 6) is 1.97. The summed E-state index contributed by atoms with van der Waals surface area (Å²) in [4.78, 5) is 1.32. The van der Waals surface area contributed by atoms with Gasteiger partial charge in [0.1, 0.15) is 0 Å². The Labute approximate surface area is 134 Å². The second kappa shape index (κ2) is 7.22. The first-order chi connectivity index (χ1) is 10.8. The third kappa shape index (κ3) is 3.74. The van der Waals surface area contributed by atoms with E-state index in [0.717, 1.165) is 30.1 Å². The van der Waals surface area contributed by atoms with Crippen LogP contribution in [0.1, 0.15) is 17.8 Å². The third-order valence-electron chi connectivity index (χ3n) is 3.34. The maximum absolute atomic E-state index is 4.14. The van der Waals surface area contributed by atoms with Crippen LogP contribution in [0, 0.1) is 6.92 Å². The molecule has 112 valence electrons. The third-order valence-corrected chi connectivity index (χ3v) is 4.42. The Morgan fingerprint density at radius 2 is 1.91 bits per heavy atom. The van der Waals surface area contributed by atoms with E-state index in [0.29, 0.717) is 0 Å². The summed E-state index contributed by atoms with van der Waals surface area (Å²) in [6.07, 6.45) is 1.92. The van der Waals surface area contributed by atoms with Crippen molar-refractivity contribution in [1.82, 2.24) is 20.2 Å². The Balaban J connectivity index is 1.56. The maximum Gasteiger partial charge on any atom is 0.156 e. The molecular formula is C17H18N4S. The van der Waals surface area contributed by atoms with Crippen molar-refractivity contribution in [2.24, 2.45) is 0 Å². The quantitative estimate of drug-likeness (QED) is 0.514. The monoisotopic (exact) mass is 310 g/mol. The number of tetrazole rings is 1. The van der Waals surface area contributed by atoms with Crippen LogP contribution in [0.4, 0.5) is 0 Å². The molecule has 0 aliphatic rings. The molecular weight excluding hydrogens is 292 g/mol. The SMILES string of the molecule is Cc1cccc(SCCCc2nnnn2-c2ccccc2)c1. The van der Waals surface area contributed by atoms with E-state index in [4.69, 9.17) is 0 Å². The Morgan fingerprint density at radius 3 is 2.73 bits per heavy atom. The van der Waals surface area contributed by atoms with Gasteiger partial charge in [0, 0.05) is 11.3 Å². The lowest BCUT2D eigenvalue weighted by Crippen LogP contribution is -2.03. The Morgan fingerprint density at radius 1 is 1.05 bits per heavy atom. The summed E-state index contributed by atoms with van der Waals surface area (Å²) in [5.41, 5.74) is 2.31. The minimum absolute atomic E-state index is 0.876. The number of benzene rings is 2. The zero-order chi connectivity index (χ0) is 15.2. The van der Waals surface area contributed by atoms with Gasteiger partial charge < -0.3 is 0 Å². The molecule has 0 radical (unpaired) electrons. The molecule has 0 fully saturated rings. The summed E-state index contributed by atoms with van der Waals surface area (Å²) in [7, 11) is 0. The van der Waals surface area contributed by atoms with Crippen LogP contribution >= 0.6 is 11.8 Å². The van der Waals surface area contributed by atoms with Gasteiger partial charge in [-0.1, -0.05) is 35.9 Å². The molecule has 4 nitrogen and oxygen atoms in total. The lowest BCUT2D eigenvalue weighted by Gasteiger charge is -2.05. The molecule has 2 aromatic carbocycles.